The lowest BCUT2D eigenvalue weighted by Gasteiger charge is -2.38. The molecule has 0 aromatic carbocycles. The van der Waals surface area contributed by atoms with Gasteiger partial charge in [-0.2, -0.15) is 0 Å². The molecule has 2 heterocycles. The van der Waals surface area contributed by atoms with E-state index in [1.165, 1.54) is 12.8 Å². The quantitative estimate of drug-likeness (QED) is 0.633. The zero-order chi connectivity index (χ0) is 13.2. The third-order valence-electron chi connectivity index (χ3n) is 3.83. The highest BCUT2D eigenvalue weighted by atomic mass is 15.3. The van der Waals surface area contributed by atoms with Gasteiger partial charge in [-0.25, -0.2) is 15.8 Å². The van der Waals surface area contributed by atoms with Crippen molar-refractivity contribution in [2.24, 2.45) is 11.3 Å². The normalized spacial score (nSPS) is 18.8. The summed E-state index contributed by atoms with van der Waals surface area (Å²) in [5.74, 6) is 7.29. The summed E-state index contributed by atoms with van der Waals surface area (Å²) in [6, 6.07) is 0. The van der Waals surface area contributed by atoms with Crippen LogP contribution in [0.5, 0.6) is 0 Å². The third-order valence-corrected chi connectivity index (χ3v) is 3.83. The van der Waals surface area contributed by atoms with Crippen molar-refractivity contribution in [2.75, 3.05) is 23.4 Å². The first-order valence-electron chi connectivity index (χ1n) is 6.63. The Kier molecular flexibility index (Phi) is 3.71. The standard InChI is InChI=1S/C13H23N5/c1-4-10-11(17-14)15-9-16-12(10)18-7-5-13(2,3)6-8-18/h9H,4-8,14H2,1-3H3,(H,15,16,17). The van der Waals surface area contributed by atoms with E-state index in [2.05, 4.69) is 41.1 Å². The van der Waals surface area contributed by atoms with Gasteiger partial charge < -0.3 is 10.3 Å². The predicted molar refractivity (Wildman–Crippen MR) is 74.4 cm³/mol. The van der Waals surface area contributed by atoms with Crippen LogP contribution in [0.25, 0.3) is 0 Å². The summed E-state index contributed by atoms with van der Waals surface area (Å²) in [5.41, 5.74) is 4.22. The Hall–Kier alpha value is -1.36. The number of piperidine rings is 1. The molecule has 1 aromatic rings. The van der Waals surface area contributed by atoms with E-state index in [9.17, 15) is 0 Å². The summed E-state index contributed by atoms with van der Waals surface area (Å²) in [5, 5.41) is 0. The molecule has 1 aromatic heterocycles. The van der Waals surface area contributed by atoms with E-state index in [1.807, 2.05) is 0 Å². The van der Waals surface area contributed by atoms with Crippen molar-refractivity contribution in [1.29, 1.82) is 0 Å². The van der Waals surface area contributed by atoms with E-state index in [1.54, 1.807) is 6.33 Å². The van der Waals surface area contributed by atoms with Crippen molar-refractivity contribution in [3.63, 3.8) is 0 Å². The molecule has 0 radical (unpaired) electrons. The van der Waals surface area contributed by atoms with Crippen LogP contribution in [-0.4, -0.2) is 23.1 Å². The maximum absolute atomic E-state index is 5.51. The summed E-state index contributed by atoms with van der Waals surface area (Å²) in [4.78, 5) is 11.0. The molecule has 1 aliphatic heterocycles. The first-order valence-corrected chi connectivity index (χ1v) is 6.63. The fraction of sp³-hybridized carbons (Fsp3) is 0.692. The third kappa shape index (κ3) is 2.56. The molecule has 100 valence electrons. The molecule has 5 nitrogen and oxygen atoms in total. The van der Waals surface area contributed by atoms with Crippen molar-refractivity contribution in [3.05, 3.63) is 11.9 Å². The van der Waals surface area contributed by atoms with Gasteiger partial charge in [0.2, 0.25) is 0 Å². The number of hydrazine groups is 1. The number of hydrogen-bond acceptors (Lipinski definition) is 5. The minimum Gasteiger partial charge on any atom is -0.356 e. The molecule has 0 aliphatic carbocycles. The molecule has 0 saturated carbocycles. The second-order valence-corrected chi connectivity index (χ2v) is 5.67. The molecule has 18 heavy (non-hydrogen) atoms. The molecular formula is C13H23N5. The summed E-state index contributed by atoms with van der Waals surface area (Å²) >= 11 is 0. The first-order chi connectivity index (χ1) is 8.57. The lowest BCUT2D eigenvalue weighted by molar-refractivity contribution is 0.279. The largest absolute Gasteiger partial charge is 0.356 e. The minimum atomic E-state index is 0.449. The zero-order valence-electron chi connectivity index (χ0n) is 11.5. The second kappa shape index (κ2) is 5.10. The van der Waals surface area contributed by atoms with Gasteiger partial charge in [-0.05, 0) is 24.7 Å². The van der Waals surface area contributed by atoms with Crippen LogP contribution in [-0.2, 0) is 6.42 Å². The van der Waals surface area contributed by atoms with Crippen LogP contribution in [0.3, 0.4) is 0 Å². The summed E-state index contributed by atoms with van der Waals surface area (Å²) < 4.78 is 0. The van der Waals surface area contributed by atoms with Crippen molar-refractivity contribution < 1.29 is 0 Å². The van der Waals surface area contributed by atoms with Crippen molar-refractivity contribution in [2.45, 2.75) is 40.0 Å². The Labute approximate surface area is 109 Å². The van der Waals surface area contributed by atoms with Gasteiger partial charge in [0.05, 0.1) is 0 Å². The monoisotopic (exact) mass is 249 g/mol. The topological polar surface area (TPSA) is 67.1 Å². The number of rotatable bonds is 3. The maximum Gasteiger partial charge on any atom is 0.148 e. The van der Waals surface area contributed by atoms with E-state index in [0.29, 0.717) is 5.41 Å². The lowest BCUT2D eigenvalue weighted by atomic mass is 9.82. The van der Waals surface area contributed by atoms with Gasteiger partial charge >= 0.3 is 0 Å². The fourth-order valence-electron chi connectivity index (χ4n) is 2.45. The van der Waals surface area contributed by atoms with E-state index in [0.717, 1.165) is 36.7 Å². The molecule has 1 saturated heterocycles. The Morgan fingerprint density at radius 2 is 2.00 bits per heavy atom. The van der Waals surface area contributed by atoms with E-state index < -0.39 is 0 Å². The minimum absolute atomic E-state index is 0.449. The second-order valence-electron chi connectivity index (χ2n) is 5.67. The van der Waals surface area contributed by atoms with Gasteiger partial charge in [0.1, 0.15) is 18.0 Å². The molecule has 0 bridgehead atoms. The highest BCUT2D eigenvalue weighted by Gasteiger charge is 2.27. The number of nitrogens with zero attached hydrogens (tertiary/aromatic N) is 3. The van der Waals surface area contributed by atoms with E-state index >= 15 is 0 Å². The zero-order valence-corrected chi connectivity index (χ0v) is 11.5. The smallest absolute Gasteiger partial charge is 0.148 e. The number of hydrogen-bond donors (Lipinski definition) is 2. The molecule has 3 N–H and O–H groups in total. The molecular weight excluding hydrogens is 226 g/mol. The number of aromatic nitrogens is 2. The molecule has 1 aliphatic rings. The van der Waals surface area contributed by atoms with Gasteiger partial charge in [0.25, 0.3) is 0 Å². The first kappa shape index (κ1) is 13.1. The Balaban J connectivity index is 2.23. The van der Waals surface area contributed by atoms with Gasteiger partial charge in [0.15, 0.2) is 0 Å². The van der Waals surface area contributed by atoms with Crippen LogP contribution in [0.1, 0.15) is 39.2 Å². The molecule has 0 unspecified atom stereocenters. The fourth-order valence-corrected chi connectivity index (χ4v) is 2.45. The van der Waals surface area contributed by atoms with E-state index in [-0.39, 0.29) is 0 Å². The summed E-state index contributed by atoms with van der Waals surface area (Å²) in [7, 11) is 0. The molecule has 0 spiro atoms. The van der Waals surface area contributed by atoms with Crippen molar-refractivity contribution in [3.8, 4) is 0 Å². The SMILES string of the molecule is CCc1c(NN)ncnc1N1CCC(C)(C)CC1. The highest BCUT2D eigenvalue weighted by molar-refractivity contribution is 5.58. The maximum atomic E-state index is 5.51. The highest BCUT2D eigenvalue weighted by Crippen LogP contribution is 2.33. The van der Waals surface area contributed by atoms with Crippen LogP contribution < -0.4 is 16.2 Å². The van der Waals surface area contributed by atoms with E-state index in [4.69, 9.17) is 5.84 Å². The summed E-state index contributed by atoms with van der Waals surface area (Å²) in [6.45, 7) is 8.88. The van der Waals surface area contributed by atoms with Gasteiger partial charge in [-0.3, -0.25) is 0 Å². The lowest BCUT2D eigenvalue weighted by Crippen LogP contribution is -2.38. The number of nitrogens with two attached hydrogens (primary N) is 1. The predicted octanol–water partition coefficient (Wildman–Crippen LogP) is 1.95. The number of nitrogens with one attached hydrogen (secondary N) is 1. The average Bonchev–Trinajstić information content (AvgIpc) is 2.37. The van der Waals surface area contributed by atoms with Crippen LogP contribution in [0.4, 0.5) is 11.6 Å². The number of nitrogen functional groups attached to an aromatic ring is 1. The van der Waals surface area contributed by atoms with Crippen molar-refractivity contribution >= 4 is 11.6 Å². The molecule has 1 fully saturated rings. The Bertz CT molecular complexity index is 406. The Morgan fingerprint density at radius 1 is 1.33 bits per heavy atom. The van der Waals surface area contributed by atoms with Crippen molar-refractivity contribution in [1.82, 2.24) is 9.97 Å². The number of anilines is 2. The average molecular weight is 249 g/mol. The molecule has 5 heteroatoms. The van der Waals surface area contributed by atoms with Crippen LogP contribution in [0.15, 0.2) is 6.33 Å². The van der Waals surface area contributed by atoms with Crippen LogP contribution >= 0.6 is 0 Å². The molecule has 0 atom stereocenters. The van der Waals surface area contributed by atoms with Gasteiger partial charge in [-0.1, -0.05) is 20.8 Å². The Morgan fingerprint density at radius 3 is 2.56 bits per heavy atom. The molecule has 0 amide bonds. The van der Waals surface area contributed by atoms with Crippen LogP contribution in [0, 0.1) is 5.41 Å². The summed E-state index contributed by atoms with van der Waals surface area (Å²) in [6.07, 6.45) is 4.87. The van der Waals surface area contributed by atoms with Gasteiger partial charge in [0, 0.05) is 18.7 Å². The molecule has 2 rings (SSSR count). The van der Waals surface area contributed by atoms with Gasteiger partial charge in [-0.15, -0.1) is 0 Å². The van der Waals surface area contributed by atoms with Crippen LogP contribution in [0.2, 0.25) is 0 Å².